The molecule has 2 unspecified atom stereocenters. The van der Waals surface area contributed by atoms with E-state index in [1.54, 1.807) is 0 Å². The van der Waals surface area contributed by atoms with Crippen molar-refractivity contribution in [3.05, 3.63) is 70.8 Å². The molecule has 0 radical (unpaired) electrons. The first kappa shape index (κ1) is 13.8. The fraction of sp³-hybridized carbons (Fsp3) is 0.294. The Labute approximate surface area is 128 Å². The molecular weight excluding hydrogens is 312 g/mol. The van der Waals surface area contributed by atoms with Gasteiger partial charge in [-0.15, -0.1) is 0 Å². The molecule has 20 heavy (non-hydrogen) atoms. The summed E-state index contributed by atoms with van der Waals surface area (Å²) < 4.78 is 0. The minimum Gasteiger partial charge on any atom is -0.249 e. The van der Waals surface area contributed by atoms with Gasteiger partial charge in [0.2, 0.25) is 0 Å². The van der Waals surface area contributed by atoms with Crippen LogP contribution in [0.15, 0.2) is 48.5 Å². The monoisotopic (exact) mass is 330 g/mol. The maximum absolute atomic E-state index is 3.86. The third kappa shape index (κ3) is 2.66. The molecule has 1 saturated heterocycles. The van der Waals surface area contributed by atoms with E-state index in [1.165, 1.54) is 22.3 Å². The van der Waals surface area contributed by atoms with Gasteiger partial charge in [-0.3, -0.25) is 0 Å². The van der Waals surface area contributed by atoms with E-state index in [0.717, 1.165) is 0 Å². The third-order valence-corrected chi connectivity index (χ3v) is 4.96. The Morgan fingerprint density at radius 1 is 0.700 bits per heavy atom. The molecule has 0 spiro atoms. The minimum atomic E-state index is 0.280. The van der Waals surface area contributed by atoms with Gasteiger partial charge in [0.05, 0.1) is 16.9 Å². The maximum Gasteiger partial charge on any atom is 0.0606 e. The minimum absolute atomic E-state index is 0.280. The molecule has 0 amide bonds. The summed E-state index contributed by atoms with van der Waals surface area (Å²) in [6.07, 6.45) is 0. The smallest absolute Gasteiger partial charge is 0.0606 e. The zero-order chi connectivity index (χ0) is 14.1. The molecule has 1 fully saturated rings. The van der Waals surface area contributed by atoms with Gasteiger partial charge in [0.25, 0.3) is 0 Å². The van der Waals surface area contributed by atoms with Gasteiger partial charge >= 0.3 is 0 Å². The molecule has 3 heteroatoms. The van der Waals surface area contributed by atoms with Crippen molar-refractivity contribution in [2.75, 3.05) is 0 Å². The lowest BCUT2D eigenvalue weighted by Crippen LogP contribution is -2.26. The standard InChI is InChI=1S/C17H19BrN2/c1-11-3-7-13(8-4-11)16-15(18)17(20-19-16)14-9-5-12(2)6-10-14/h3-10,15-17,19-20H,1-2H3. The molecule has 2 nitrogen and oxygen atoms in total. The van der Waals surface area contributed by atoms with Crippen LogP contribution in [0.2, 0.25) is 0 Å². The van der Waals surface area contributed by atoms with Crippen molar-refractivity contribution < 1.29 is 0 Å². The Morgan fingerprint density at radius 3 is 1.40 bits per heavy atom. The molecule has 0 saturated carbocycles. The summed E-state index contributed by atoms with van der Waals surface area (Å²) in [6.45, 7) is 4.23. The second-order valence-corrected chi connectivity index (χ2v) is 6.57. The van der Waals surface area contributed by atoms with Crippen molar-refractivity contribution in [1.82, 2.24) is 10.9 Å². The fourth-order valence-electron chi connectivity index (χ4n) is 2.61. The van der Waals surface area contributed by atoms with Gasteiger partial charge in [0, 0.05) is 0 Å². The predicted octanol–water partition coefficient (Wildman–Crippen LogP) is 3.96. The molecule has 104 valence electrons. The number of nitrogens with one attached hydrogen (secondary N) is 2. The summed E-state index contributed by atoms with van der Waals surface area (Å²) in [5.74, 6) is 0. The number of halogens is 1. The highest BCUT2D eigenvalue weighted by Crippen LogP contribution is 2.36. The summed E-state index contributed by atoms with van der Waals surface area (Å²) in [4.78, 5) is 0.327. The van der Waals surface area contributed by atoms with Gasteiger partial charge in [0.15, 0.2) is 0 Å². The summed E-state index contributed by atoms with van der Waals surface area (Å²) >= 11 is 3.86. The Hall–Kier alpha value is -1.16. The van der Waals surface area contributed by atoms with Gasteiger partial charge in [-0.25, -0.2) is 10.9 Å². The second-order valence-electron chi connectivity index (χ2n) is 5.51. The van der Waals surface area contributed by atoms with Gasteiger partial charge in [-0.2, -0.15) is 0 Å². The van der Waals surface area contributed by atoms with Gasteiger partial charge in [-0.1, -0.05) is 75.6 Å². The van der Waals surface area contributed by atoms with Gasteiger partial charge < -0.3 is 0 Å². The third-order valence-electron chi connectivity index (χ3n) is 3.90. The number of rotatable bonds is 2. The van der Waals surface area contributed by atoms with Gasteiger partial charge in [0.1, 0.15) is 0 Å². The van der Waals surface area contributed by atoms with Crippen molar-refractivity contribution in [1.29, 1.82) is 0 Å². The van der Waals surface area contributed by atoms with Crippen molar-refractivity contribution in [3.63, 3.8) is 0 Å². The molecule has 3 rings (SSSR count). The highest BCUT2D eigenvalue weighted by atomic mass is 79.9. The maximum atomic E-state index is 3.86. The van der Waals surface area contributed by atoms with Crippen LogP contribution in [0.1, 0.15) is 34.3 Å². The number of alkyl halides is 1. The van der Waals surface area contributed by atoms with Crippen LogP contribution in [0.4, 0.5) is 0 Å². The van der Waals surface area contributed by atoms with E-state index in [0.29, 0.717) is 4.83 Å². The number of aryl methyl sites for hydroxylation is 2. The molecular formula is C17H19BrN2. The summed E-state index contributed by atoms with van der Waals surface area (Å²) in [5, 5.41) is 0. The Balaban J connectivity index is 1.81. The lowest BCUT2D eigenvalue weighted by atomic mass is 9.96. The van der Waals surface area contributed by atoms with Crippen LogP contribution in [0.5, 0.6) is 0 Å². The number of hydrogen-bond acceptors (Lipinski definition) is 2. The number of hydrazine groups is 1. The van der Waals surface area contributed by atoms with Crippen LogP contribution >= 0.6 is 15.9 Å². The van der Waals surface area contributed by atoms with Crippen LogP contribution < -0.4 is 10.9 Å². The molecule has 2 N–H and O–H groups in total. The van der Waals surface area contributed by atoms with E-state index in [2.05, 4.69) is 89.2 Å². The van der Waals surface area contributed by atoms with E-state index in [4.69, 9.17) is 0 Å². The average Bonchev–Trinajstić information content (AvgIpc) is 2.83. The zero-order valence-electron chi connectivity index (χ0n) is 11.7. The molecule has 1 aliphatic heterocycles. The molecule has 2 atom stereocenters. The van der Waals surface area contributed by atoms with E-state index in [9.17, 15) is 0 Å². The number of hydrogen-bond donors (Lipinski definition) is 2. The molecule has 1 aliphatic rings. The van der Waals surface area contributed by atoms with Crippen molar-refractivity contribution in [2.45, 2.75) is 30.8 Å². The van der Waals surface area contributed by atoms with Crippen molar-refractivity contribution >= 4 is 15.9 Å². The Kier molecular flexibility index (Phi) is 3.92. The zero-order valence-corrected chi connectivity index (χ0v) is 13.3. The van der Waals surface area contributed by atoms with Crippen LogP contribution in [0, 0.1) is 13.8 Å². The number of benzene rings is 2. The largest absolute Gasteiger partial charge is 0.249 e. The highest BCUT2D eigenvalue weighted by Gasteiger charge is 2.35. The lowest BCUT2D eigenvalue weighted by molar-refractivity contribution is 0.555. The Bertz CT molecular complexity index is 523. The lowest BCUT2D eigenvalue weighted by Gasteiger charge is -2.18. The Morgan fingerprint density at radius 2 is 1.05 bits per heavy atom. The topological polar surface area (TPSA) is 24.1 Å². The first-order valence-electron chi connectivity index (χ1n) is 6.93. The molecule has 0 bridgehead atoms. The van der Waals surface area contributed by atoms with E-state index < -0.39 is 0 Å². The summed E-state index contributed by atoms with van der Waals surface area (Å²) in [6, 6.07) is 18.0. The molecule has 1 heterocycles. The summed E-state index contributed by atoms with van der Waals surface area (Å²) in [5.41, 5.74) is 12.0. The highest BCUT2D eigenvalue weighted by molar-refractivity contribution is 9.09. The van der Waals surface area contributed by atoms with Crippen molar-refractivity contribution in [2.24, 2.45) is 0 Å². The van der Waals surface area contributed by atoms with Crippen LogP contribution in [0.3, 0.4) is 0 Å². The van der Waals surface area contributed by atoms with Gasteiger partial charge in [-0.05, 0) is 25.0 Å². The first-order valence-corrected chi connectivity index (χ1v) is 7.85. The van der Waals surface area contributed by atoms with Crippen LogP contribution in [-0.4, -0.2) is 4.83 Å². The van der Waals surface area contributed by atoms with E-state index >= 15 is 0 Å². The first-order chi connectivity index (χ1) is 9.65. The normalized spacial score (nSPS) is 25.9. The van der Waals surface area contributed by atoms with Crippen LogP contribution in [0.25, 0.3) is 0 Å². The molecule has 2 aromatic carbocycles. The predicted molar refractivity (Wildman–Crippen MR) is 86.8 cm³/mol. The second kappa shape index (κ2) is 5.68. The van der Waals surface area contributed by atoms with E-state index in [1.807, 2.05) is 0 Å². The molecule has 2 aromatic rings. The molecule has 0 aliphatic carbocycles. The van der Waals surface area contributed by atoms with Crippen molar-refractivity contribution in [3.8, 4) is 0 Å². The quantitative estimate of drug-likeness (QED) is 0.814. The summed E-state index contributed by atoms with van der Waals surface area (Å²) in [7, 11) is 0. The fourth-order valence-corrected chi connectivity index (χ4v) is 3.49. The van der Waals surface area contributed by atoms with E-state index in [-0.39, 0.29) is 12.1 Å². The van der Waals surface area contributed by atoms with Crippen LogP contribution in [-0.2, 0) is 0 Å². The SMILES string of the molecule is Cc1ccc(C2NNC(c3ccc(C)cc3)C2Br)cc1. The molecule has 0 aromatic heterocycles. The average molecular weight is 331 g/mol.